The van der Waals surface area contributed by atoms with E-state index in [0.717, 1.165) is 13.0 Å². The molecule has 138 valence electrons. The van der Waals surface area contributed by atoms with Crippen molar-refractivity contribution in [2.24, 2.45) is 0 Å². The Kier molecular flexibility index (Phi) is 5.42. The number of aromatic amines is 1. The van der Waals surface area contributed by atoms with Crippen LogP contribution in [0.25, 0.3) is 11.0 Å². The Balaban J connectivity index is 1.57. The van der Waals surface area contributed by atoms with E-state index in [-0.39, 0.29) is 11.1 Å². The average molecular weight is 347 g/mol. The third kappa shape index (κ3) is 4.39. The normalized spacial score (nSPS) is 16.4. The molecule has 3 rings (SSSR count). The Morgan fingerprint density at radius 1 is 1.32 bits per heavy atom. The van der Waals surface area contributed by atoms with E-state index < -0.39 is 0 Å². The van der Waals surface area contributed by atoms with Gasteiger partial charge in [0, 0.05) is 13.2 Å². The fourth-order valence-electron chi connectivity index (χ4n) is 3.25. The molecule has 1 saturated carbocycles. The molecular weight excluding hydrogens is 318 g/mol. The second kappa shape index (κ2) is 7.56. The predicted octanol–water partition coefficient (Wildman–Crippen LogP) is 3.03. The second-order valence-electron chi connectivity index (χ2n) is 7.79. The minimum atomic E-state index is -0.229. The Hall–Kier alpha value is -1.89. The maximum atomic E-state index is 12.2. The summed E-state index contributed by atoms with van der Waals surface area (Å²) < 4.78 is 7.71. The zero-order chi connectivity index (χ0) is 17.9. The van der Waals surface area contributed by atoms with Crippen molar-refractivity contribution in [1.29, 1.82) is 0 Å². The third-order valence-electron chi connectivity index (χ3n) is 4.59. The van der Waals surface area contributed by atoms with Gasteiger partial charge in [-0.25, -0.2) is 4.68 Å². The molecule has 0 unspecified atom stereocenters. The van der Waals surface area contributed by atoms with Crippen molar-refractivity contribution in [2.45, 2.75) is 70.9 Å². The van der Waals surface area contributed by atoms with Crippen LogP contribution in [0, 0.1) is 0 Å². The van der Waals surface area contributed by atoms with Crippen LogP contribution in [-0.4, -0.2) is 39.0 Å². The summed E-state index contributed by atoms with van der Waals surface area (Å²) in [5, 5.41) is 8.03. The van der Waals surface area contributed by atoms with Gasteiger partial charge in [-0.3, -0.25) is 9.78 Å². The summed E-state index contributed by atoms with van der Waals surface area (Å²) in [5.41, 5.74) is 0.215. The quantitative estimate of drug-likeness (QED) is 0.785. The topological polar surface area (TPSA) is 84.8 Å². The number of nitrogens with one attached hydrogen (secondary N) is 2. The lowest BCUT2D eigenvalue weighted by atomic mass is 9.98. The van der Waals surface area contributed by atoms with E-state index in [0.29, 0.717) is 29.6 Å². The molecule has 2 heterocycles. The van der Waals surface area contributed by atoms with Gasteiger partial charge in [-0.15, -0.1) is 0 Å². The van der Waals surface area contributed by atoms with Gasteiger partial charge in [0.05, 0.1) is 17.8 Å². The zero-order valence-corrected chi connectivity index (χ0v) is 15.5. The highest BCUT2D eigenvalue weighted by Gasteiger charge is 2.19. The summed E-state index contributed by atoms with van der Waals surface area (Å²) in [4.78, 5) is 19.5. The molecule has 0 aromatic carbocycles. The van der Waals surface area contributed by atoms with Crippen LogP contribution in [0.15, 0.2) is 11.0 Å². The Bertz CT molecular complexity index is 753. The highest BCUT2D eigenvalue weighted by molar-refractivity contribution is 5.74. The molecule has 0 atom stereocenters. The summed E-state index contributed by atoms with van der Waals surface area (Å²) in [6.07, 6.45) is 9.19. The third-order valence-corrected chi connectivity index (χ3v) is 4.59. The molecule has 7 nitrogen and oxygen atoms in total. The van der Waals surface area contributed by atoms with Gasteiger partial charge >= 0.3 is 0 Å². The van der Waals surface area contributed by atoms with Gasteiger partial charge in [0.15, 0.2) is 5.65 Å². The second-order valence-corrected chi connectivity index (χ2v) is 7.79. The van der Waals surface area contributed by atoms with Crippen molar-refractivity contribution in [3.63, 3.8) is 0 Å². The lowest BCUT2D eigenvalue weighted by molar-refractivity contribution is 0.0284. The van der Waals surface area contributed by atoms with E-state index in [9.17, 15) is 4.79 Å². The monoisotopic (exact) mass is 347 g/mol. The predicted molar refractivity (Wildman–Crippen MR) is 99.1 cm³/mol. The highest BCUT2D eigenvalue weighted by atomic mass is 16.5. The van der Waals surface area contributed by atoms with Crippen molar-refractivity contribution < 1.29 is 4.74 Å². The minimum absolute atomic E-state index is 0.165. The lowest BCUT2D eigenvalue weighted by Gasteiger charge is -2.22. The van der Waals surface area contributed by atoms with E-state index in [1.807, 2.05) is 20.8 Å². The van der Waals surface area contributed by atoms with E-state index in [1.165, 1.54) is 32.1 Å². The number of anilines is 1. The van der Waals surface area contributed by atoms with Crippen LogP contribution in [0.1, 0.15) is 59.3 Å². The first-order valence-corrected chi connectivity index (χ1v) is 9.29. The first-order valence-electron chi connectivity index (χ1n) is 9.29. The van der Waals surface area contributed by atoms with Crippen molar-refractivity contribution >= 4 is 17.0 Å². The van der Waals surface area contributed by atoms with E-state index in [1.54, 1.807) is 10.9 Å². The molecule has 1 fully saturated rings. The Morgan fingerprint density at radius 2 is 2.08 bits per heavy atom. The summed E-state index contributed by atoms with van der Waals surface area (Å²) in [5.74, 6) is 0.487. The SMILES string of the molecule is CC(C)(C)n1ncc2c(=O)[nH]c(NCCCOC3CCCCC3)nc21. The fraction of sp³-hybridized carbons (Fsp3) is 0.722. The average Bonchev–Trinajstić information content (AvgIpc) is 3.00. The highest BCUT2D eigenvalue weighted by Crippen LogP contribution is 2.20. The number of hydrogen-bond donors (Lipinski definition) is 2. The van der Waals surface area contributed by atoms with Crippen molar-refractivity contribution in [3.8, 4) is 0 Å². The molecule has 2 aromatic heterocycles. The maximum absolute atomic E-state index is 12.2. The number of fused-ring (bicyclic) bond motifs is 1. The number of H-pyrrole nitrogens is 1. The molecule has 0 spiro atoms. The molecule has 7 heteroatoms. The van der Waals surface area contributed by atoms with Crippen LogP contribution in [0.3, 0.4) is 0 Å². The number of ether oxygens (including phenoxy) is 1. The summed E-state index contributed by atoms with van der Waals surface area (Å²) in [7, 11) is 0. The van der Waals surface area contributed by atoms with E-state index >= 15 is 0 Å². The molecule has 0 bridgehead atoms. The van der Waals surface area contributed by atoms with E-state index in [4.69, 9.17) is 4.74 Å². The molecule has 1 aliphatic carbocycles. The number of nitrogens with zero attached hydrogens (tertiary/aromatic N) is 3. The van der Waals surface area contributed by atoms with Gasteiger partial charge in [0.2, 0.25) is 5.95 Å². The molecule has 0 amide bonds. The van der Waals surface area contributed by atoms with Gasteiger partial charge in [-0.05, 0) is 40.0 Å². The maximum Gasteiger partial charge on any atom is 0.263 e. The Morgan fingerprint density at radius 3 is 2.80 bits per heavy atom. The van der Waals surface area contributed by atoms with Gasteiger partial charge in [0.1, 0.15) is 5.39 Å². The lowest BCUT2D eigenvalue weighted by Crippen LogP contribution is -2.24. The zero-order valence-electron chi connectivity index (χ0n) is 15.5. The van der Waals surface area contributed by atoms with Gasteiger partial charge in [0.25, 0.3) is 5.56 Å². The van der Waals surface area contributed by atoms with Crippen LogP contribution < -0.4 is 10.9 Å². The van der Waals surface area contributed by atoms with Crippen LogP contribution >= 0.6 is 0 Å². The molecule has 0 aliphatic heterocycles. The summed E-state index contributed by atoms with van der Waals surface area (Å²) in [6, 6.07) is 0. The van der Waals surface area contributed by atoms with Crippen molar-refractivity contribution in [2.75, 3.05) is 18.5 Å². The fourth-order valence-corrected chi connectivity index (χ4v) is 3.25. The largest absolute Gasteiger partial charge is 0.378 e. The van der Waals surface area contributed by atoms with E-state index in [2.05, 4.69) is 20.4 Å². The van der Waals surface area contributed by atoms with Crippen LogP contribution in [0.5, 0.6) is 0 Å². The molecule has 1 aliphatic rings. The van der Waals surface area contributed by atoms with Gasteiger partial charge in [-0.1, -0.05) is 19.3 Å². The standard InChI is InChI=1S/C18H29N5O2/c1-18(2,3)23-15-14(12-20-23)16(24)22-17(21-15)19-10-7-11-25-13-8-5-4-6-9-13/h12-13H,4-11H2,1-3H3,(H2,19,21,22,24). The molecule has 0 radical (unpaired) electrons. The Labute approximate surface area is 148 Å². The molecular formula is C18H29N5O2. The number of hydrogen-bond acceptors (Lipinski definition) is 5. The van der Waals surface area contributed by atoms with Gasteiger partial charge in [-0.2, -0.15) is 10.1 Å². The smallest absolute Gasteiger partial charge is 0.263 e. The summed E-state index contributed by atoms with van der Waals surface area (Å²) in [6.45, 7) is 7.57. The number of rotatable bonds is 6. The number of aromatic nitrogens is 4. The first-order chi connectivity index (χ1) is 11.9. The van der Waals surface area contributed by atoms with Gasteiger partial charge < -0.3 is 10.1 Å². The molecule has 2 aromatic rings. The first kappa shape index (κ1) is 17.9. The minimum Gasteiger partial charge on any atom is -0.378 e. The van der Waals surface area contributed by atoms with Crippen LogP contribution in [0.2, 0.25) is 0 Å². The summed E-state index contributed by atoms with van der Waals surface area (Å²) >= 11 is 0. The molecule has 25 heavy (non-hydrogen) atoms. The molecule has 0 saturated heterocycles. The van der Waals surface area contributed by atoms with Crippen molar-refractivity contribution in [1.82, 2.24) is 19.7 Å². The van der Waals surface area contributed by atoms with Crippen LogP contribution in [-0.2, 0) is 10.3 Å². The van der Waals surface area contributed by atoms with Crippen LogP contribution in [0.4, 0.5) is 5.95 Å². The van der Waals surface area contributed by atoms with Crippen molar-refractivity contribution in [3.05, 3.63) is 16.6 Å². The molecule has 2 N–H and O–H groups in total.